The summed E-state index contributed by atoms with van der Waals surface area (Å²) in [7, 11) is 1.64. The van der Waals surface area contributed by atoms with Crippen molar-refractivity contribution in [2.75, 3.05) is 20.2 Å². The Kier molecular flexibility index (Phi) is 4.09. The molecule has 0 radical (unpaired) electrons. The predicted octanol–water partition coefficient (Wildman–Crippen LogP) is 3.14. The Morgan fingerprint density at radius 1 is 1.32 bits per heavy atom. The topological polar surface area (TPSA) is 55.8 Å². The smallest absolute Gasteiger partial charge is 0.264 e. The van der Waals surface area contributed by atoms with Crippen molar-refractivity contribution in [3.05, 3.63) is 51.7 Å². The zero-order valence-corrected chi connectivity index (χ0v) is 14.8. The lowest BCUT2D eigenvalue weighted by molar-refractivity contribution is 0.0429. The monoisotopic (exact) mass is 357 g/mol. The number of hydrogen-bond donors (Lipinski definition) is 0. The summed E-state index contributed by atoms with van der Waals surface area (Å²) in [4.78, 5) is 28.8. The van der Waals surface area contributed by atoms with Crippen LogP contribution in [-0.4, -0.2) is 42.4 Å². The molecule has 1 spiro atoms. The Morgan fingerprint density at radius 3 is 3.00 bits per heavy atom. The first kappa shape index (κ1) is 16.3. The van der Waals surface area contributed by atoms with E-state index in [4.69, 9.17) is 9.47 Å². The van der Waals surface area contributed by atoms with Crippen molar-refractivity contribution in [1.82, 2.24) is 4.90 Å². The number of Topliss-reactive ketones (excluding diaryl/α,β-unsaturated/α-hetero) is 1. The van der Waals surface area contributed by atoms with Gasteiger partial charge in [-0.05, 0) is 24.3 Å². The molecule has 1 aromatic heterocycles. The van der Waals surface area contributed by atoms with Gasteiger partial charge in [-0.2, -0.15) is 0 Å². The van der Waals surface area contributed by atoms with Crippen LogP contribution >= 0.6 is 11.3 Å². The van der Waals surface area contributed by atoms with Gasteiger partial charge in [-0.3, -0.25) is 9.59 Å². The number of benzene rings is 1. The van der Waals surface area contributed by atoms with Gasteiger partial charge >= 0.3 is 0 Å². The number of methoxy groups -OCH3 is 1. The number of ketones is 1. The second-order valence-corrected chi connectivity index (χ2v) is 7.73. The van der Waals surface area contributed by atoms with Crippen LogP contribution in [0.1, 0.15) is 37.7 Å². The third kappa shape index (κ3) is 2.96. The molecule has 1 fully saturated rings. The summed E-state index contributed by atoms with van der Waals surface area (Å²) in [5.41, 5.74) is 0.0497. The van der Waals surface area contributed by atoms with E-state index in [1.807, 2.05) is 30.3 Å². The van der Waals surface area contributed by atoms with Gasteiger partial charge in [0.05, 0.1) is 30.0 Å². The van der Waals surface area contributed by atoms with E-state index in [1.165, 1.54) is 11.3 Å². The Bertz CT molecular complexity index is 830. The fourth-order valence-electron chi connectivity index (χ4n) is 3.56. The van der Waals surface area contributed by atoms with Gasteiger partial charge in [0.25, 0.3) is 5.91 Å². The lowest BCUT2D eigenvalue weighted by Crippen LogP contribution is -2.45. The fraction of sp³-hybridized carbons (Fsp3) is 0.368. The second-order valence-electron chi connectivity index (χ2n) is 6.56. The number of ether oxygens (including phenoxy) is 2. The first-order chi connectivity index (χ1) is 12.1. The number of para-hydroxylation sites is 1. The highest BCUT2D eigenvalue weighted by atomic mass is 32.1. The average molecular weight is 357 g/mol. The molecule has 1 saturated heterocycles. The maximum absolute atomic E-state index is 12.8. The lowest BCUT2D eigenvalue weighted by Gasteiger charge is -2.34. The quantitative estimate of drug-likeness (QED) is 0.847. The second kappa shape index (κ2) is 6.28. The number of fused-ring (bicyclic) bond motifs is 1. The van der Waals surface area contributed by atoms with Gasteiger partial charge in [-0.15, -0.1) is 11.3 Å². The van der Waals surface area contributed by atoms with Gasteiger partial charge in [0.2, 0.25) is 0 Å². The molecule has 0 bridgehead atoms. The zero-order valence-electron chi connectivity index (χ0n) is 14.0. The van der Waals surface area contributed by atoms with Gasteiger partial charge < -0.3 is 14.4 Å². The summed E-state index contributed by atoms with van der Waals surface area (Å²) >= 11 is 1.45. The number of amides is 1. The predicted molar refractivity (Wildman–Crippen MR) is 94.3 cm³/mol. The minimum absolute atomic E-state index is 0.000800. The molecular formula is C19H19NO4S. The minimum Gasteiger partial charge on any atom is -0.484 e. The molecule has 0 aliphatic carbocycles. The molecule has 2 aliphatic heterocycles. The molecule has 0 N–H and O–H groups in total. The number of likely N-dealkylation sites (tertiary alicyclic amines) is 1. The molecule has 25 heavy (non-hydrogen) atoms. The molecule has 3 heterocycles. The van der Waals surface area contributed by atoms with Crippen molar-refractivity contribution in [2.24, 2.45) is 0 Å². The van der Waals surface area contributed by atoms with E-state index in [1.54, 1.807) is 18.1 Å². The molecule has 0 unspecified atom stereocenters. The van der Waals surface area contributed by atoms with Crippen molar-refractivity contribution in [3.63, 3.8) is 0 Å². The summed E-state index contributed by atoms with van der Waals surface area (Å²) in [6, 6.07) is 11.1. The summed E-state index contributed by atoms with van der Waals surface area (Å²) < 4.78 is 11.3. The van der Waals surface area contributed by atoms with E-state index in [2.05, 4.69) is 0 Å². The van der Waals surface area contributed by atoms with Crippen LogP contribution in [0.15, 0.2) is 36.4 Å². The van der Waals surface area contributed by atoms with Gasteiger partial charge in [0.1, 0.15) is 11.4 Å². The number of thiophene rings is 1. The van der Waals surface area contributed by atoms with Crippen molar-refractivity contribution < 1.29 is 19.1 Å². The first-order valence-electron chi connectivity index (χ1n) is 8.28. The molecule has 130 valence electrons. The van der Waals surface area contributed by atoms with Crippen LogP contribution in [0.25, 0.3) is 0 Å². The van der Waals surface area contributed by atoms with Crippen molar-refractivity contribution in [1.29, 1.82) is 0 Å². The normalized spacial score (nSPS) is 22.1. The maximum atomic E-state index is 12.8. The van der Waals surface area contributed by atoms with E-state index in [0.29, 0.717) is 48.7 Å². The fourth-order valence-corrected chi connectivity index (χ4v) is 4.51. The Balaban J connectivity index is 1.51. The summed E-state index contributed by atoms with van der Waals surface area (Å²) in [6.45, 7) is 1.56. The summed E-state index contributed by atoms with van der Waals surface area (Å²) in [5, 5.41) is 0. The Labute approximate surface area is 150 Å². The summed E-state index contributed by atoms with van der Waals surface area (Å²) in [5.74, 6) is 0.723. The Morgan fingerprint density at radius 2 is 2.16 bits per heavy atom. The number of carbonyl (C=O) groups is 2. The maximum Gasteiger partial charge on any atom is 0.264 e. The van der Waals surface area contributed by atoms with E-state index in [-0.39, 0.29) is 11.7 Å². The molecular weight excluding hydrogens is 338 g/mol. The van der Waals surface area contributed by atoms with E-state index in [9.17, 15) is 9.59 Å². The van der Waals surface area contributed by atoms with Crippen LogP contribution in [0.5, 0.6) is 5.75 Å². The van der Waals surface area contributed by atoms with Crippen LogP contribution in [0.3, 0.4) is 0 Å². The third-order valence-corrected chi connectivity index (χ3v) is 5.81. The number of nitrogens with zero attached hydrogens (tertiary/aromatic N) is 1. The highest BCUT2D eigenvalue weighted by Crippen LogP contribution is 2.39. The molecule has 6 heteroatoms. The van der Waals surface area contributed by atoms with Crippen LogP contribution in [-0.2, 0) is 11.3 Å². The SMILES string of the molecule is COCc1ccc(C(=O)N2CC[C@]3(CC(=O)c4ccccc4O3)C2)s1. The summed E-state index contributed by atoms with van der Waals surface area (Å²) in [6.07, 6.45) is 1.00. The standard InChI is InChI=1S/C19H19NO4S/c1-23-11-13-6-7-17(25-13)18(22)20-9-8-19(12-20)10-15(21)14-4-2-3-5-16(14)24-19/h2-7H,8-12H2,1H3/t19-/m0/s1. The Hall–Kier alpha value is -2.18. The van der Waals surface area contributed by atoms with Crippen molar-refractivity contribution in [3.8, 4) is 5.75 Å². The van der Waals surface area contributed by atoms with Crippen LogP contribution < -0.4 is 4.74 Å². The first-order valence-corrected chi connectivity index (χ1v) is 9.10. The molecule has 1 atom stereocenters. The van der Waals surface area contributed by atoms with Crippen LogP contribution in [0.4, 0.5) is 0 Å². The molecule has 1 aromatic carbocycles. The molecule has 4 rings (SSSR count). The molecule has 2 aromatic rings. The van der Waals surface area contributed by atoms with Gasteiger partial charge in [-0.25, -0.2) is 0 Å². The largest absolute Gasteiger partial charge is 0.484 e. The van der Waals surface area contributed by atoms with E-state index >= 15 is 0 Å². The minimum atomic E-state index is -0.590. The highest BCUT2D eigenvalue weighted by Gasteiger charge is 2.47. The highest BCUT2D eigenvalue weighted by molar-refractivity contribution is 7.14. The van der Waals surface area contributed by atoms with Crippen molar-refractivity contribution in [2.45, 2.75) is 25.0 Å². The zero-order chi connectivity index (χ0) is 17.4. The van der Waals surface area contributed by atoms with Gasteiger partial charge in [-0.1, -0.05) is 12.1 Å². The van der Waals surface area contributed by atoms with Crippen molar-refractivity contribution >= 4 is 23.0 Å². The lowest BCUT2D eigenvalue weighted by atomic mass is 9.89. The molecule has 0 saturated carbocycles. The number of rotatable bonds is 3. The van der Waals surface area contributed by atoms with Crippen LogP contribution in [0, 0.1) is 0 Å². The van der Waals surface area contributed by atoms with E-state index < -0.39 is 5.60 Å². The van der Waals surface area contributed by atoms with Crippen LogP contribution in [0.2, 0.25) is 0 Å². The molecule has 1 amide bonds. The van der Waals surface area contributed by atoms with Gasteiger partial charge in [0, 0.05) is 25.0 Å². The molecule has 2 aliphatic rings. The van der Waals surface area contributed by atoms with Gasteiger partial charge in [0.15, 0.2) is 5.78 Å². The average Bonchev–Trinajstić information content (AvgIpc) is 3.22. The molecule has 5 nitrogen and oxygen atoms in total. The third-order valence-electron chi connectivity index (χ3n) is 4.76. The number of carbonyl (C=O) groups excluding carboxylic acids is 2. The van der Waals surface area contributed by atoms with E-state index in [0.717, 1.165) is 4.88 Å². The number of hydrogen-bond acceptors (Lipinski definition) is 5.